The highest BCUT2D eigenvalue weighted by Crippen LogP contribution is 2.51. The molecule has 1 saturated heterocycles. The molecule has 0 amide bonds. The lowest BCUT2D eigenvalue weighted by molar-refractivity contribution is -0.143. The van der Waals surface area contributed by atoms with Crippen LogP contribution in [0.15, 0.2) is 0 Å². The lowest BCUT2D eigenvalue weighted by Crippen LogP contribution is -2.54. The van der Waals surface area contributed by atoms with Gasteiger partial charge in [-0.25, -0.2) is 0 Å². The molecule has 0 spiro atoms. The van der Waals surface area contributed by atoms with Gasteiger partial charge in [0.15, 0.2) is 0 Å². The molecule has 2 rings (SSSR count). The first-order valence-corrected chi connectivity index (χ1v) is 6.34. The molecule has 3 nitrogen and oxygen atoms in total. The fourth-order valence-corrected chi connectivity index (χ4v) is 3.12. The zero-order chi connectivity index (χ0) is 11.9. The lowest BCUT2D eigenvalue weighted by atomic mass is 9.60. The Balaban J connectivity index is 2.13. The summed E-state index contributed by atoms with van der Waals surface area (Å²) in [5.74, 6) is 0. The quantitative estimate of drug-likeness (QED) is 0.756. The van der Waals surface area contributed by atoms with Crippen LogP contribution in [-0.2, 0) is 4.74 Å². The molecule has 0 radical (unpaired) electrons. The van der Waals surface area contributed by atoms with Crippen molar-refractivity contribution in [1.29, 1.82) is 0 Å². The van der Waals surface area contributed by atoms with Crippen LogP contribution >= 0.6 is 0 Å². The molecule has 3 heteroatoms. The second-order valence-electron chi connectivity index (χ2n) is 6.44. The molecule has 1 saturated carbocycles. The van der Waals surface area contributed by atoms with Crippen LogP contribution < -0.4 is 0 Å². The maximum Gasteiger partial charge on any atom is 0.0749 e. The Morgan fingerprint density at radius 1 is 1.06 bits per heavy atom. The zero-order valence-corrected chi connectivity index (χ0v) is 10.5. The molecule has 1 unspecified atom stereocenters. The summed E-state index contributed by atoms with van der Waals surface area (Å²) in [7, 11) is 0. The van der Waals surface area contributed by atoms with Gasteiger partial charge in [-0.3, -0.25) is 0 Å². The van der Waals surface area contributed by atoms with Crippen molar-refractivity contribution in [2.45, 2.75) is 51.6 Å². The molecule has 0 bridgehead atoms. The van der Waals surface area contributed by atoms with Gasteiger partial charge >= 0.3 is 0 Å². The van der Waals surface area contributed by atoms with E-state index < -0.39 is 11.0 Å². The van der Waals surface area contributed by atoms with Gasteiger partial charge in [0.2, 0.25) is 0 Å². The Hall–Kier alpha value is -0.120. The molecule has 1 heterocycles. The number of aliphatic hydroxyl groups excluding tert-OH is 1. The van der Waals surface area contributed by atoms with Crippen molar-refractivity contribution in [1.82, 2.24) is 0 Å². The number of ether oxygens (including phenoxy) is 1. The van der Waals surface area contributed by atoms with Crippen LogP contribution in [0.3, 0.4) is 0 Å². The molecule has 94 valence electrons. The third kappa shape index (κ3) is 1.89. The smallest absolute Gasteiger partial charge is 0.0749 e. The Morgan fingerprint density at radius 2 is 1.69 bits per heavy atom. The lowest BCUT2D eigenvalue weighted by Gasteiger charge is -2.49. The molecular weight excluding hydrogens is 204 g/mol. The van der Waals surface area contributed by atoms with Gasteiger partial charge in [-0.05, 0) is 37.5 Å². The summed E-state index contributed by atoms with van der Waals surface area (Å²) in [6.45, 7) is 5.74. The fraction of sp³-hybridized carbons (Fsp3) is 1.00. The van der Waals surface area contributed by atoms with Gasteiger partial charge in [0, 0.05) is 12.0 Å². The highest BCUT2D eigenvalue weighted by atomic mass is 16.5. The van der Waals surface area contributed by atoms with Crippen LogP contribution in [0.4, 0.5) is 0 Å². The van der Waals surface area contributed by atoms with Gasteiger partial charge in [-0.15, -0.1) is 0 Å². The summed E-state index contributed by atoms with van der Waals surface area (Å²) < 4.78 is 5.40. The van der Waals surface area contributed by atoms with Crippen LogP contribution in [0, 0.1) is 10.8 Å². The first-order chi connectivity index (χ1) is 7.43. The highest BCUT2D eigenvalue weighted by molar-refractivity contribution is 5.04. The first-order valence-electron chi connectivity index (χ1n) is 6.34. The number of hydrogen-bond acceptors (Lipinski definition) is 3. The Morgan fingerprint density at radius 3 is 2.12 bits per heavy atom. The normalized spacial score (nSPS) is 37.5. The van der Waals surface area contributed by atoms with Crippen molar-refractivity contribution >= 4 is 0 Å². The summed E-state index contributed by atoms with van der Waals surface area (Å²) in [6, 6.07) is 0. The number of aliphatic hydroxyl groups is 2. The third-order valence-corrected chi connectivity index (χ3v) is 4.82. The van der Waals surface area contributed by atoms with E-state index in [1.165, 1.54) is 0 Å². The van der Waals surface area contributed by atoms with E-state index >= 15 is 0 Å². The summed E-state index contributed by atoms with van der Waals surface area (Å²) in [4.78, 5) is 0. The van der Waals surface area contributed by atoms with E-state index in [0.29, 0.717) is 18.6 Å². The minimum Gasteiger partial charge on any atom is -0.396 e. The van der Waals surface area contributed by atoms with Gasteiger partial charge in [-0.1, -0.05) is 13.8 Å². The Bertz CT molecular complexity index is 244. The van der Waals surface area contributed by atoms with Gasteiger partial charge in [0.1, 0.15) is 0 Å². The zero-order valence-electron chi connectivity index (χ0n) is 10.5. The molecule has 1 atom stereocenters. The third-order valence-electron chi connectivity index (χ3n) is 4.82. The van der Waals surface area contributed by atoms with Gasteiger partial charge in [0.05, 0.1) is 18.8 Å². The average Bonchev–Trinajstić information content (AvgIpc) is 2.73. The topological polar surface area (TPSA) is 49.7 Å². The number of hydrogen-bond donors (Lipinski definition) is 2. The summed E-state index contributed by atoms with van der Waals surface area (Å²) in [5.41, 5.74) is -0.778. The molecule has 2 fully saturated rings. The monoisotopic (exact) mass is 228 g/mol. The van der Waals surface area contributed by atoms with Crippen molar-refractivity contribution in [3.8, 4) is 0 Å². The molecule has 0 aromatic rings. The van der Waals surface area contributed by atoms with E-state index in [1.54, 1.807) is 0 Å². The maximum atomic E-state index is 10.8. The largest absolute Gasteiger partial charge is 0.396 e. The number of rotatable bonds is 2. The molecule has 2 N–H and O–H groups in total. The molecule has 2 aliphatic rings. The highest BCUT2D eigenvalue weighted by Gasteiger charge is 2.54. The molecule has 16 heavy (non-hydrogen) atoms. The Labute approximate surface area is 97.8 Å². The van der Waals surface area contributed by atoms with E-state index in [4.69, 9.17) is 4.74 Å². The van der Waals surface area contributed by atoms with Crippen molar-refractivity contribution in [2.75, 3.05) is 19.8 Å². The maximum absolute atomic E-state index is 10.8. The second kappa shape index (κ2) is 3.97. The van der Waals surface area contributed by atoms with E-state index in [0.717, 1.165) is 32.1 Å². The van der Waals surface area contributed by atoms with Gasteiger partial charge in [0.25, 0.3) is 0 Å². The Kier molecular flexibility index (Phi) is 3.06. The SMILES string of the molecule is CC1(C)CCC(O)(C2(CO)CCOC2)CC1. The van der Waals surface area contributed by atoms with Crippen molar-refractivity contribution in [3.63, 3.8) is 0 Å². The van der Waals surface area contributed by atoms with Gasteiger partial charge < -0.3 is 14.9 Å². The summed E-state index contributed by atoms with van der Waals surface area (Å²) >= 11 is 0. The minimum atomic E-state index is -0.715. The molecule has 0 aromatic heterocycles. The van der Waals surface area contributed by atoms with E-state index in [2.05, 4.69) is 13.8 Å². The first kappa shape index (κ1) is 12.3. The van der Waals surface area contributed by atoms with Crippen LogP contribution in [0.2, 0.25) is 0 Å². The van der Waals surface area contributed by atoms with E-state index in [1.807, 2.05) is 0 Å². The second-order valence-corrected chi connectivity index (χ2v) is 6.44. The van der Waals surface area contributed by atoms with E-state index in [-0.39, 0.29) is 6.61 Å². The standard InChI is InChI=1S/C13H24O3/c1-11(2)3-5-13(15,6-4-11)12(9-14)7-8-16-10-12/h14-15H,3-10H2,1-2H3. The van der Waals surface area contributed by atoms with Crippen LogP contribution in [0.5, 0.6) is 0 Å². The van der Waals surface area contributed by atoms with Crippen molar-refractivity contribution in [2.24, 2.45) is 10.8 Å². The fourth-order valence-electron chi connectivity index (χ4n) is 3.12. The van der Waals surface area contributed by atoms with Crippen molar-refractivity contribution in [3.05, 3.63) is 0 Å². The van der Waals surface area contributed by atoms with Crippen LogP contribution in [-0.4, -0.2) is 35.6 Å². The van der Waals surface area contributed by atoms with Crippen molar-refractivity contribution < 1.29 is 14.9 Å². The summed E-state index contributed by atoms with van der Waals surface area (Å²) in [6.07, 6.45) is 4.45. The van der Waals surface area contributed by atoms with Gasteiger partial charge in [-0.2, -0.15) is 0 Å². The van der Waals surface area contributed by atoms with Crippen LogP contribution in [0.25, 0.3) is 0 Å². The molecule has 1 aliphatic carbocycles. The molecule has 0 aromatic carbocycles. The average molecular weight is 228 g/mol. The molecule has 1 aliphatic heterocycles. The van der Waals surface area contributed by atoms with E-state index in [9.17, 15) is 10.2 Å². The summed E-state index contributed by atoms with van der Waals surface area (Å²) in [5, 5.41) is 20.4. The van der Waals surface area contributed by atoms with Crippen LogP contribution in [0.1, 0.15) is 46.0 Å². The predicted octanol–water partition coefficient (Wildman–Crippen LogP) is 1.72. The predicted molar refractivity (Wildman–Crippen MR) is 62.2 cm³/mol. The minimum absolute atomic E-state index is 0.0456. The molecular formula is C13H24O3.